The van der Waals surface area contributed by atoms with Crippen molar-refractivity contribution in [1.29, 1.82) is 0 Å². The lowest BCUT2D eigenvalue weighted by Gasteiger charge is -2.09. The second kappa shape index (κ2) is 3.74. The van der Waals surface area contributed by atoms with Gasteiger partial charge < -0.3 is 10.8 Å². The van der Waals surface area contributed by atoms with Crippen LogP contribution in [0, 0.1) is 0 Å². The SMILES string of the molecule is N[C@H](CF)c1ccc(O)cc1Cl. The summed E-state index contributed by atoms with van der Waals surface area (Å²) in [5, 5.41) is 9.26. The molecule has 12 heavy (non-hydrogen) atoms. The van der Waals surface area contributed by atoms with E-state index < -0.39 is 12.7 Å². The minimum absolute atomic E-state index is 0.0507. The van der Waals surface area contributed by atoms with Gasteiger partial charge in [-0.05, 0) is 17.7 Å². The van der Waals surface area contributed by atoms with E-state index in [0.29, 0.717) is 10.6 Å². The van der Waals surface area contributed by atoms with Crippen molar-refractivity contribution in [3.05, 3.63) is 28.8 Å². The van der Waals surface area contributed by atoms with Crippen LogP contribution in [-0.2, 0) is 0 Å². The highest BCUT2D eigenvalue weighted by molar-refractivity contribution is 6.31. The van der Waals surface area contributed by atoms with Crippen molar-refractivity contribution in [3.63, 3.8) is 0 Å². The zero-order valence-electron chi connectivity index (χ0n) is 6.30. The topological polar surface area (TPSA) is 46.2 Å². The number of phenolic OH excluding ortho intramolecular Hbond substituents is 1. The summed E-state index contributed by atoms with van der Waals surface area (Å²) in [6, 6.07) is 3.57. The Balaban J connectivity index is 3.01. The molecule has 3 N–H and O–H groups in total. The Morgan fingerprint density at radius 3 is 2.75 bits per heavy atom. The van der Waals surface area contributed by atoms with Crippen molar-refractivity contribution in [3.8, 4) is 5.75 Å². The first-order valence-corrected chi connectivity index (χ1v) is 3.83. The Morgan fingerprint density at radius 2 is 2.25 bits per heavy atom. The third-order valence-electron chi connectivity index (χ3n) is 1.55. The predicted octanol–water partition coefficient (Wildman–Crippen LogP) is 2.01. The van der Waals surface area contributed by atoms with Crippen molar-refractivity contribution in [2.75, 3.05) is 6.67 Å². The molecule has 0 saturated heterocycles. The number of hydrogen-bond donors (Lipinski definition) is 2. The Bertz CT molecular complexity index is 280. The van der Waals surface area contributed by atoms with Crippen LogP contribution in [0.2, 0.25) is 5.02 Å². The molecule has 0 radical (unpaired) electrons. The fraction of sp³-hybridized carbons (Fsp3) is 0.250. The number of nitrogens with two attached hydrogens (primary N) is 1. The average Bonchev–Trinajstić information content (AvgIpc) is 2.03. The monoisotopic (exact) mass is 189 g/mol. The van der Waals surface area contributed by atoms with E-state index in [-0.39, 0.29) is 5.75 Å². The molecule has 0 aliphatic rings. The second-order valence-electron chi connectivity index (χ2n) is 2.47. The Morgan fingerprint density at radius 1 is 1.58 bits per heavy atom. The number of rotatable bonds is 2. The molecule has 0 amide bonds. The number of hydrogen-bond acceptors (Lipinski definition) is 2. The van der Waals surface area contributed by atoms with Crippen LogP contribution in [0.3, 0.4) is 0 Å². The van der Waals surface area contributed by atoms with E-state index in [1.165, 1.54) is 18.2 Å². The summed E-state index contributed by atoms with van der Waals surface area (Å²) in [5.74, 6) is 0.0507. The lowest BCUT2D eigenvalue weighted by atomic mass is 10.1. The molecule has 0 unspecified atom stereocenters. The molecule has 4 heteroatoms. The molecule has 1 rings (SSSR count). The van der Waals surface area contributed by atoms with E-state index in [1.807, 2.05) is 0 Å². The van der Waals surface area contributed by atoms with Gasteiger partial charge in [0.05, 0.1) is 6.04 Å². The van der Waals surface area contributed by atoms with Gasteiger partial charge in [0.1, 0.15) is 12.4 Å². The first kappa shape index (κ1) is 9.29. The molecule has 0 spiro atoms. The molecule has 1 atom stereocenters. The number of phenols is 1. The molecule has 0 aliphatic carbocycles. The highest BCUT2D eigenvalue weighted by Crippen LogP contribution is 2.25. The van der Waals surface area contributed by atoms with Crippen LogP contribution in [0.25, 0.3) is 0 Å². The quantitative estimate of drug-likeness (QED) is 0.748. The van der Waals surface area contributed by atoms with Gasteiger partial charge in [-0.2, -0.15) is 0 Å². The lowest BCUT2D eigenvalue weighted by Crippen LogP contribution is -2.12. The maximum atomic E-state index is 12.1. The molecule has 2 nitrogen and oxygen atoms in total. The molecule has 1 aromatic carbocycles. The van der Waals surface area contributed by atoms with Crippen LogP contribution < -0.4 is 5.73 Å². The van der Waals surface area contributed by atoms with E-state index in [0.717, 1.165) is 0 Å². The molecule has 0 saturated carbocycles. The van der Waals surface area contributed by atoms with Crippen molar-refractivity contribution < 1.29 is 9.50 Å². The van der Waals surface area contributed by atoms with Crippen LogP contribution in [0.1, 0.15) is 11.6 Å². The van der Waals surface area contributed by atoms with E-state index in [9.17, 15) is 4.39 Å². The van der Waals surface area contributed by atoms with Crippen molar-refractivity contribution in [2.24, 2.45) is 5.73 Å². The minimum atomic E-state index is -0.710. The van der Waals surface area contributed by atoms with Gasteiger partial charge in [-0.3, -0.25) is 0 Å². The summed E-state index contributed by atoms with van der Waals surface area (Å²) < 4.78 is 12.1. The Hall–Kier alpha value is -0.800. The fourth-order valence-corrected chi connectivity index (χ4v) is 1.21. The summed E-state index contributed by atoms with van der Waals surface area (Å²) in [4.78, 5) is 0. The summed E-state index contributed by atoms with van der Waals surface area (Å²) in [6.45, 7) is -0.662. The molecule has 0 bridgehead atoms. The van der Waals surface area contributed by atoms with Crippen LogP contribution in [-0.4, -0.2) is 11.8 Å². The van der Waals surface area contributed by atoms with Gasteiger partial charge in [-0.15, -0.1) is 0 Å². The Labute approximate surface area is 74.8 Å². The number of aromatic hydroxyl groups is 1. The molecule has 0 fully saturated rings. The van der Waals surface area contributed by atoms with Crippen molar-refractivity contribution >= 4 is 11.6 Å². The van der Waals surface area contributed by atoms with Crippen LogP contribution >= 0.6 is 11.6 Å². The number of alkyl halides is 1. The summed E-state index contributed by atoms with van der Waals surface area (Å²) in [6.07, 6.45) is 0. The summed E-state index contributed by atoms with van der Waals surface area (Å²) in [7, 11) is 0. The average molecular weight is 190 g/mol. The smallest absolute Gasteiger partial charge is 0.117 e. The summed E-state index contributed by atoms with van der Waals surface area (Å²) in [5.41, 5.74) is 5.92. The second-order valence-corrected chi connectivity index (χ2v) is 2.87. The van der Waals surface area contributed by atoms with Gasteiger partial charge in [0.15, 0.2) is 0 Å². The van der Waals surface area contributed by atoms with Crippen LogP contribution in [0.4, 0.5) is 4.39 Å². The first-order chi connectivity index (χ1) is 5.65. The lowest BCUT2D eigenvalue weighted by molar-refractivity contribution is 0.436. The van der Waals surface area contributed by atoms with Gasteiger partial charge in [-0.1, -0.05) is 17.7 Å². The first-order valence-electron chi connectivity index (χ1n) is 3.45. The molecule has 66 valence electrons. The van der Waals surface area contributed by atoms with Gasteiger partial charge in [0.2, 0.25) is 0 Å². The van der Waals surface area contributed by atoms with Crippen molar-refractivity contribution in [2.45, 2.75) is 6.04 Å². The van der Waals surface area contributed by atoms with Gasteiger partial charge in [-0.25, -0.2) is 4.39 Å². The molecule has 0 aromatic heterocycles. The van der Waals surface area contributed by atoms with Crippen LogP contribution in [0.5, 0.6) is 5.75 Å². The van der Waals surface area contributed by atoms with Gasteiger partial charge in [0.25, 0.3) is 0 Å². The standard InChI is InChI=1S/C8H9ClFNO/c9-7-3-5(12)1-2-6(7)8(11)4-10/h1-3,8,12H,4,11H2/t8-/m1/s1. The normalized spacial score (nSPS) is 12.9. The largest absolute Gasteiger partial charge is 0.508 e. The zero-order valence-corrected chi connectivity index (χ0v) is 7.05. The van der Waals surface area contributed by atoms with Crippen molar-refractivity contribution in [1.82, 2.24) is 0 Å². The van der Waals surface area contributed by atoms with E-state index in [4.69, 9.17) is 22.4 Å². The molecule has 0 aliphatic heterocycles. The van der Waals surface area contributed by atoms with Gasteiger partial charge >= 0.3 is 0 Å². The molecule has 0 heterocycles. The molecule has 1 aromatic rings. The summed E-state index contributed by atoms with van der Waals surface area (Å²) >= 11 is 5.70. The number of benzene rings is 1. The third-order valence-corrected chi connectivity index (χ3v) is 1.88. The predicted molar refractivity (Wildman–Crippen MR) is 46.0 cm³/mol. The highest BCUT2D eigenvalue weighted by atomic mass is 35.5. The maximum Gasteiger partial charge on any atom is 0.117 e. The number of halogens is 2. The Kier molecular flexibility index (Phi) is 2.89. The van der Waals surface area contributed by atoms with E-state index in [2.05, 4.69) is 0 Å². The van der Waals surface area contributed by atoms with Crippen LogP contribution in [0.15, 0.2) is 18.2 Å². The molecular weight excluding hydrogens is 181 g/mol. The maximum absolute atomic E-state index is 12.1. The fourth-order valence-electron chi connectivity index (χ4n) is 0.900. The molecular formula is C8H9ClFNO. The van der Waals surface area contributed by atoms with E-state index in [1.54, 1.807) is 0 Å². The minimum Gasteiger partial charge on any atom is -0.508 e. The zero-order chi connectivity index (χ0) is 9.14. The van der Waals surface area contributed by atoms with E-state index >= 15 is 0 Å². The van der Waals surface area contributed by atoms with Gasteiger partial charge in [0, 0.05) is 5.02 Å². The third kappa shape index (κ3) is 1.87. The highest BCUT2D eigenvalue weighted by Gasteiger charge is 2.09.